The number of hydrogen-bond acceptors (Lipinski definition) is 6. The van der Waals surface area contributed by atoms with Crippen molar-refractivity contribution < 1.29 is 28.5 Å². The second kappa shape index (κ2) is 10.5. The zero-order valence-electron chi connectivity index (χ0n) is 20.8. The van der Waals surface area contributed by atoms with Gasteiger partial charge in [-0.25, -0.2) is 9.59 Å². The van der Waals surface area contributed by atoms with Gasteiger partial charge in [-0.1, -0.05) is 12.1 Å². The number of methoxy groups -OCH3 is 2. The minimum Gasteiger partial charge on any atom is -0.493 e. The third kappa shape index (κ3) is 4.95. The molecule has 0 bridgehead atoms. The average Bonchev–Trinajstić information content (AvgIpc) is 2.81. The number of carbonyl (C=O) groups is 2. The first kappa shape index (κ1) is 25.0. The summed E-state index contributed by atoms with van der Waals surface area (Å²) in [5.41, 5.74) is 4.56. The number of nitrogens with zero attached hydrogens (tertiary/aromatic N) is 1. The number of ether oxygens (including phenoxy) is 4. The fourth-order valence-electron chi connectivity index (χ4n) is 3.96. The lowest BCUT2D eigenvalue weighted by molar-refractivity contribution is -0.139. The number of benzene rings is 2. The molecule has 1 heterocycles. The van der Waals surface area contributed by atoms with Crippen LogP contribution in [0.2, 0.25) is 0 Å². The summed E-state index contributed by atoms with van der Waals surface area (Å²) in [4.78, 5) is 27.4. The molecule has 1 aliphatic heterocycles. The monoisotopic (exact) mass is 468 g/mol. The van der Waals surface area contributed by atoms with Crippen molar-refractivity contribution in [2.45, 2.75) is 33.7 Å². The molecule has 1 N–H and O–H groups in total. The fraction of sp³-hybridized carbons (Fsp3) is 0.385. The van der Waals surface area contributed by atoms with E-state index in [1.165, 1.54) is 12.0 Å². The molecule has 0 fully saturated rings. The highest BCUT2D eigenvalue weighted by molar-refractivity contribution is 5.95. The average molecular weight is 469 g/mol. The molecule has 1 aliphatic rings. The van der Waals surface area contributed by atoms with Crippen LogP contribution in [0.5, 0.6) is 17.2 Å². The van der Waals surface area contributed by atoms with Gasteiger partial charge in [-0.2, -0.15) is 0 Å². The van der Waals surface area contributed by atoms with E-state index in [0.717, 1.165) is 16.7 Å². The van der Waals surface area contributed by atoms with Gasteiger partial charge < -0.3 is 24.3 Å². The number of urea groups is 1. The molecule has 0 aromatic heterocycles. The molecule has 2 amide bonds. The summed E-state index contributed by atoms with van der Waals surface area (Å²) in [6, 6.07) is 8.17. The Bertz CT molecular complexity index is 1120. The van der Waals surface area contributed by atoms with E-state index >= 15 is 0 Å². The molecule has 0 saturated carbocycles. The maximum atomic E-state index is 13.1. The van der Waals surface area contributed by atoms with E-state index in [4.69, 9.17) is 18.9 Å². The van der Waals surface area contributed by atoms with Gasteiger partial charge in [0.15, 0.2) is 11.5 Å². The Balaban J connectivity index is 2.10. The normalized spacial score (nSPS) is 15.7. The number of aryl methyl sites for hydroxylation is 2. The number of hydrogen-bond donors (Lipinski definition) is 1. The van der Waals surface area contributed by atoms with Crippen LogP contribution >= 0.6 is 0 Å². The van der Waals surface area contributed by atoms with Crippen molar-refractivity contribution in [3.8, 4) is 17.2 Å². The third-order valence-corrected chi connectivity index (χ3v) is 5.94. The molecule has 0 saturated heterocycles. The molecule has 182 valence electrons. The van der Waals surface area contributed by atoms with Gasteiger partial charge in [0.05, 0.1) is 38.1 Å². The quantitative estimate of drug-likeness (QED) is 0.584. The molecule has 8 nitrogen and oxygen atoms in total. The van der Waals surface area contributed by atoms with Crippen molar-refractivity contribution in [3.63, 3.8) is 0 Å². The van der Waals surface area contributed by atoms with Crippen LogP contribution in [0.1, 0.15) is 35.2 Å². The maximum Gasteiger partial charge on any atom is 0.338 e. The van der Waals surface area contributed by atoms with E-state index in [2.05, 4.69) is 11.4 Å². The van der Waals surface area contributed by atoms with Crippen molar-refractivity contribution in [1.82, 2.24) is 10.2 Å². The summed E-state index contributed by atoms with van der Waals surface area (Å²) in [6.07, 6.45) is 0. The van der Waals surface area contributed by atoms with Crippen LogP contribution in [0.3, 0.4) is 0 Å². The minimum atomic E-state index is -0.749. The molecule has 2 aromatic rings. The Morgan fingerprint density at radius 2 is 1.74 bits per heavy atom. The summed E-state index contributed by atoms with van der Waals surface area (Å²) < 4.78 is 22.3. The smallest absolute Gasteiger partial charge is 0.338 e. The summed E-state index contributed by atoms with van der Waals surface area (Å²) in [7, 11) is 4.68. The summed E-state index contributed by atoms with van der Waals surface area (Å²) >= 11 is 0. The van der Waals surface area contributed by atoms with E-state index in [9.17, 15) is 9.59 Å². The predicted octanol–water partition coefficient (Wildman–Crippen LogP) is 4.22. The Hall–Kier alpha value is -3.68. The molecular formula is C26H32N2O6. The van der Waals surface area contributed by atoms with Gasteiger partial charge in [-0.15, -0.1) is 0 Å². The highest BCUT2D eigenvalue weighted by atomic mass is 16.5. The van der Waals surface area contributed by atoms with E-state index < -0.39 is 12.0 Å². The second-order valence-electron chi connectivity index (χ2n) is 8.13. The highest BCUT2D eigenvalue weighted by Gasteiger charge is 2.37. The van der Waals surface area contributed by atoms with E-state index in [1.54, 1.807) is 39.3 Å². The number of rotatable bonds is 8. The van der Waals surface area contributed by atoms with Crippen molar-refractivity contribution in [2.24, 2.45) is 0 Å². The molecule has 3 rings (SSSR count). The van der Waals surface area contributed by atoms with Gasteiger partial charge in [0.25, 0.3) is 0 Å². The Labute approximate surface area is 200 Å². The molecular weight excluding hydrogens is 436 g/mol. The number of esters is 1. The van der Waals surface area contributed by atoms with Gasteiger partial charge in [0.1, 0.15) is 12.4 Å². The zero-order chi connectivity index (χ0) is 25.0. The first-order chi connectivity index (χ1) is 16.2. The standard InChI is InChI=1S/C26H32N2O6/c1-8-33-25(29)23-19(14-34-21-12-15(2)11-16(3)17(21)4)28(5)26(30)27-24(23)18-9-10-20(31-6)22(13-18)32-7/h9-13,24H,8,14H2,1-7H3,(H,27,30). The molecule has 0 radical (unpaired) electrons. The topological polar surface area (TPSA) is 86.3 Å². The fourth-order valence-corrected chi connectivity index (χ4v) is 3.96. The molecule has 0 aliphatic carbocycles. The molecule has 1 unspecified atom stereocenters. The van der Waals surface area contributed by atoms with Crippen molar-refractivity contribution in [2.75, 3.05) is 34.5 Å². The lowest BCUT2D eigenvalue weighted by Crippen LogP contribution is -2.48. The van der Waals surface area contributed by atoms with Gasteiger partial charge in [-0.05, 0) is 68.1 Å². The SMILES string of the molecule is CCOC(=O)C1=C(COc2cc(C)cc(C)c2C)N(C)C(=O)NC1c1ccc(OC)c(OC)c1. The highest BCUT2D eigenvalue weighted by Crippen LogP contribution is 2.36. The minimum absolute atomic E-state index is 0.0194. The van der Waals surface area contributed by atoms with Crippen LogP contribution in [0.25, 0.3) is 0 Å². The lowest BCUT2D eigenvalue weighted by atomic mass is 9.94. The first-order valence-corrected chi connectivity index (χ1v) is 11.1. The van der Waals surface area contributed by atoms with E-state index in [0.29, 0.717) is 34.1 Å². The summed E-state index contributed by atoms with van der Waals surface area (Å²) in [6.45, 7) is 7.95. The van der Waals surface area contributed by atoms with Gasteiger partial charge >= 0.3 is 12.0 Å². The predicted molar refractivity (Wildman–Crippen MR) is 128 cm³/mol. The second-order valence-corrected chi connectivity index (χ2v) is 8.13. The zero-order valence-corrected chi connectivity index (χ0v) is 20.8. The summed E-state index contributed by atoms with van der Waals surface area (Å²) in [5, 5.41) is 2.89. The van der Waals surface area contributed by atoms with Crippen LogP contribution in [0, 0.1) is 20.8 Å². The number of likely N-dealkylation sites (N-methyl/N-ethyl adjacent to an activating group) is 1. The largest absolute Gasteiger partial charge is 0.493 e. The van der Waals surface area contributed by atoms with E-state index in [1.807, 2.05) is 26.8 Å². The molecule has 1 atom stereocenters. The van der Waals surface area contributed by atoms with Crippen LogP contribution < -0.4 is 19.5 Å². The Morgan fingerprint density at radius 3 is 2.38 bits per heavy atom. The number of nitrogens with one attached hydrogen (secondary N) is 1. The third-order valence-electron chi connectivity index (χ3n) is 5.94. The number of carbonyl (C=O) groups excluding carboxylic acids is 2. The van der Waals surface area contributed by atoms with Crippen LogP contribution in [-0.4, -0.2) is 51.4 Å². The first-order valence-electron chi connectivity index (χ1n) is 11.1. The summed E-state index contributed by atoms with van der Waals surface area (Å²) in [5.74, 6) is 1.21. The van der Waals surface area contributed by atoms with Crippen LogP contribution in [0.4, 0.5) is 4.79 Å². The molecule has 2 aromatic carbocycles. The van der Waals surface area contributed by atoms with Crippen molar-refractivity contribution in [1.29, 1.82) is 0 Å². The Kier molecular flexibility index (Phi) is 7.71. The van der Waals surface area contributed by atoms with Gasteiger partial charge in [-0.3, -0.25) is 4.90 Å². The van der Waals surface area contributed by atoms with Crippen molar-refractivity contribution in [3.05, 3.63) is 63.9 Å². The van der Waals surface area contributed by atoms with Crippen LogP contribution in [-0.2, 0) is 9.53 Å². The molecule has 34 heavy (non-hydrogen) atoms. The molecule has 8 heteroatoms. The van der Waals surface area contributed by atoms with Crippen LogP contribution in [0.15, 0.2) is 41.6 Å². The molecule has 0 spiro atoms. The van der Waals surface area contributed by atoms with Crippen molar-refractivity contribution >= 4 is 12.0 Å². The lowest BCUT2D eigenvalue weighted by Gasteiger charge is -2.34. The van der Waals surface area contributed by atoms with Gasteiger partial charge in [0, 0.05) is 7.05 Å². The Morgan fingerprint density at radius 1 is 1.03 bits per heavy atom. The number of amides is 2. The van der Waals surface area contributed by atoms with E-state index in [-0.39, 0.29) is 19.2 Å². The van der Waals surface area contributed by atoms with Gasteiger partial charge in [0.2, 0.25) is 0 Å². The maximum absolute atomic E-state index is 13.1.